The minimum absolute atomic E-state index is 0.210. The molecule has 0 amide bonds. The zero-order chi connectivity index (χ0) is 10.7. The van der Waals surface area contributed by atoms with Crippen molar-refractivity contribution in [3.05, 3.63) is 33.0 Å². The molecule has 1 nitrogen and oxygen atoms in total. The largest absolute Gasteiger partial charge is 0.205 e. The normalized spacial score (nSPS) is 9.93. The lowest BCUT2D eigenvalue weighted by atomic mass is 10.0. The summed E-state index contributed by atoms with van der Waals surface area (Å²) >= 11 is 3.19. The highest BCUT2D eigenvalue weighted by Crippen LogP contribution is 2.26. The second-order valence-electron chi connectivity index (χ2n) is 3.26. The van der Waals surface area contributed by atoms with Crippen LogP contribution in [-0.2, 0) is 6.42 Å². The van der Waals surface area contributed by atoms with E-state index < -0.39 is 0 Å². The number of rotatable bonds is 2. The fraction of sp³-hybridized carbons (Fsp3) is 0.364. The Kier molecular flexibility index (Phi) is 3.65. The molecule has 0 atom stereocenters. The van der Waals surface area contributed by atoms with E-state index in [1.54, 1.807) is 6.92 Å². The van der Waals surface area contributed by atoms with Gasteiger partial charge in [0, 0.05) is 6.42 Å². The summed E-state index contributed by atoms with van der Waals surface area (Å²) in [4.78, 5) is 0. The summed E-state index contributed by atoms with van der Waals surface area (Å²) in [5, 5.41) is 8.46. The average molecular weight is 256 g/mol. The molecule has 0 spiro atoms. The molecule has 0 saturated heterocycles. The van der Waals surface area contributed by atoms with E-state index in [4.69, 9.17) is 5.26 Å². The van der Waals surface area contributed by atoms with Crippen molar-refractivity contribution in [2.24, 2.45) is 0 Å². The van der Waals surface area contributed by atoms with Crippen LogP contribution >= 0.6 is 15.9 Å². The van der Waals surface area contributed by atoms with Crippen LogP contribution in [0.4, 0.5) is 4.39 Å². The summed E-state index contributed by atoms with van der Waals surface area (Å²) < 4.78 is 14.1. The van der Waals surface area contributed by atoms with Crippen molar-refractivity contribution in [1.82, 2.24) is 0 Å². The number of hydrogen-bond donors (Lipinski definition) is 0. The maximum atomic E-state index is 13.5. The third-order valence-corrected chi connectivity index (χ3v) is 3.22. The zero-order valence-electron chi connectivity index (χ0n) is 8.19. The van der Waals surface area contributed by atoms with E-state index in [1.165, 1.54) is 0 Å². The fourth-order valence-corrected chi connectivity index (χ4v) is 1.77. The standard InChI is InChI=1S/C11H11BrFN/c1-7-6-9(4-3-5-14)8(2)11(13)10(7)12/h6H,3-4H2,1-2H3. The monoisotopic (exact) mass is 255 g/mol. The van der Waals surface area contributed by atoms with Crippen LogP contribution in [0.3, 0.4) is 0 Å². The Balaban J connectivity index is 3.14. The third kappa shape index (κ3) is 2.13. The van der Waals surface area contributed by atoms with Gasteiger partial charge in [-0.25, -0.2) is 4.39 Å². The van der Waals surface area contributed by atoms with Crippen molar-refractivity contribution in [3.8, 4) is 6.07 Å². The quantitative estimate of drug-likeness (QED) is 0.792. The minimum Gasteiger partial charge on any atom is -0.205 e. The van der Waals surface area contributed by atoms with Gasteiger partial charge in [-0.15, -0.1) is 0 Å². The lowest BCUT2D eigenvalue weighted by molar-refractivity contribution is 0.607. The molecular weight excluding hydrogens is 245 g/mol. The van der Waals surface area contributed by atoms with Crippen LogP contribution in [0.1, 0.15) is 23.1 Å². The first kappa shape index (κ1) is 11.2. The highest BCUT2D eigenvalue weighted by Gasteiger charge is 2.10. The van der Waals surface area contributed by atoms with Crippen LogP contribution in [0.25, 0.3) is 0 Å². The second-order valence-corrected chi connectivity index (χ2v) is 4.06. The van der Waals surface area contributed by atoms with Gasteiger partial charge < -0.3 is 0 Å². The van der Waals surface area contributed by atoms with Gasteiger partial charge in [0.1, 0.15) is 5.82 Å². The second kappa shape index (κ2) is 4.56. The van der Waals surface area contributed by atoms with Gasteiger partial charge in [-0.1, -0.05) is 6.07 Å². The summed E-state index contributed by atoms with van der Waals surface area (Å²) in [6.45, 7) is 3.59. The lowest BCUT2D eigenvalue weighted by Gasteiger charge is -2.09. The third-order valence-electron chi connectivity index (χ3n) is 2.25. The Hall–Kier alpha value is -0.880. The molecule has 3 heteroatoms. The Morgan fingerprint density at radius 2 is 2.14 bits per heavy atom. The number of aryl methyl sites for hydroxylation is 2. The number of halogens is 2. The first-order chi connectivity index (χ1) is 6.57. The van der Waals surface area contributed by atoms with Gasteiger partial charge in [0.15, 0.2) is 0 Å². The summed E-state index contributed by atoms with van der Waals surface area (Å²) in [5.74, 6) is -0.210. The maximum absolute atomic E-state index is 13.5. The molecule has 74 valence electrons. The highest BCUT2D eigenvalue weighted by atomic mass is 79.9. The molecule has 0 fully saturated rings. The first-order valence-corrected chi connectivity index (χ1v) is 5.18. The van der Waals surface area contributed by atoms with Crippen LogP contribution in [0.15, 0.2) is 10.5 Å². The SMILES string of the molecule is Cc1cc(CCC#N)c(C)c(F)c1Br. The molecule has 1 rings (SSSR count). The number of benzene rings is 1. The Morgan fingerprint density at radius 3 is 2.71 bits per heavy atom. The molecule has 0 N–H and O–H groups in total. The smallest absolute Gasteiger partial charge is 0.140 e. The van der Waals surface area contributed by atoms with Crippen molar-refractivity contribution < 1.29 is 4.39 Å². The molecule has 1 aromatic carbocycles. The Labute approximate surface area is 91.7 Å². The van der Waals surface area contributed by atoms with Gasteiger partial charge >= 0.3 is 0 Å². The van der Waals surface area contributed by atoms with Crippen molar-refractivity contribution in [2.45, 2.75) is 26.7 Å². The molecule has 0 unspecified atom stereocenters. The van der Waals surface area contributed by atoms with Gasteiger partial charge in [-0.3, -0.25) is 0 Å². The van der Waals surface area contributed by atoms with Crippen LogP contribution in [-0.4, -0.2) is 0 Å². The molecule has 0 radical (unpaired) electrons. The predicted octanol–water partition coefficient (Wildman–Crippen LogP) is 3.66. The average Bonchev–Trinajstić information content (AvgIpc) is 2.18. The molecule has 0 aromatic heterocycles. The molecule has 0 bridgehead atoms. The summed E-state index contributed by atoms with van der Waals surface area (Å²) in [6, 6.07) is 3.99. The van der Waals surface area contributed by atoms with Crippen LogP contribution in [0, 0.1) is 31.0 Å². The van der Waals surface area contributed by atoms with Gasteiger partial charge in [0.2, 0.25) is 0 Å². The first-order valence-electron chi connectivity index (χ1n) is 4.39. The van der Waals surface area contributed by atoms with E-state index >= 15 is 0 Å². The molecule has 14 heavy (non-hydrogen) atoms. The van der Waals surface area contributed by atoms with Crippen molar-refractivity contribution in [3.63, 3.8) is 0 Å². The maximum Gasteiger partial charge on any atom is 0.140 e. The van der Waals surface area contributed by atoms with Gasteiger partial charge in [-0.05, 0) is 52.9 Å². The molecule has 0 saturated carbocycles. The number of hydrogen-bond acceptors (Lipinski definition) is 1. The summed E-state index contributed by atoms with van der Waals surface area (Å²) in [6.07, 6.45) is 1.05. The van der Waals surface area contributed by atoms with E-state index in [9.17, 15) is 4.39 Å². The fourth-order valence-electron chi connectivity index (χ4n) is 1.36. The van der Waals surface area contributed by atoms with Crippen LogP contribution in [0.2, 0.25) is 0 Å². The molecule has 0 aliphatic carbocycles. The predicted molar refractivity (Wildman–Crippen MR) is 57.5 cm³/mol. The minimum atomic E-state index is -0.210. The van der Waals surface area contributed by atoms with Crippen molar-refractivity contribution in [1.29, 1.82) is 5.26 Å². The molecule has 0 aliphatic heterocycles. The van der Waals surface area contributed by atoms with E-state index in [0.717, 1.165) is 11.1 Å². The van der Waals surface area contributed by atoms with E-state index in [2.05, 4.69) is 22.0 Å². The molecule has 0 aliphatic rings. The van der Waals surface area contributed by atoms with Gasteiger partial charge in [0.05, 0.1) is 10.5 Å². The van der Waals surface area contributed by atoms with Crippen molar-refractivity contribution in [2.75, 3.05) is 0 Å². The Morgan fingerprint density at radius 1 is 1.50 bits per heavy atom. The lowest BCUT2D eigenvalue weighted by Crippen LogP contribution is -1.96. The van der Waals surface area contributed by atoms with E-state index in [1.807, 2.05) is 13.0 Å². The zero-order valence-corrected chi connectivity index (χ0v) is 9.78. The molecule has 1 aromatic rings. The highest BCUT2D eigenvalue weighted by molar-refractivity contribution is 9.10. The Bertz CT molecular complexity index is 393. The number of nitriles is 1. The topological polar surface area (TPSA) is 23.8 Å². The molecular formula is C11H11BrFN. The van der Waals surface area contributed by atoms with Crippen LogP contribution in [0.5, 0.6) is 0 Å². The van der Waals surface area contributed by atoms with Crippen molar-refractivity contribution >= 4 is 15.9 Å². The van der Waals surface area contributed by atoms with Gasteiger partial charge in [-0.2, -0.15) is 5.26 Å². The van der Waals surface area contributed by atoms with E-state index in [-0.39, 0.29) is 5.82 Å². The molecule has 0 heterocycles. The van der Waals surface area contributed by atoms with Crippen LogP contribution < -0.4 is 0 Å². The summed E-state index contributed by atoms with van der Waals surface area (Å²) in [7, 11) is 0. The number of nitrogens with zero attached hydrogens (tertiary/aromatic N) is 1. The summed E-state index contributed by atoms with van der Waals surface area (Å²) in [5.41, 5.74) is 2.43. The van der Waals surface area contributed by atoms with Gasteiger partial charge in [0.25, 0.3) is 0 Å². The van der Waals surface area contributed by atoms with E-state index in [0.29, 0.717) is 22.9 Å².